The molecule has 5 nitrogen and oxygen atoms in total. The lowest BCUT2D eigenvalue weighted by Crippen LogP contribution is -2.15. The molecule has 0 aromatic heterocycles. The van der Waals surface area contributed by atoms with Crippen LogP contribution in [0.25, 0.3) is 0 Å². The van der Waals surface area contributed by atoms with Crippen LogP contribution in [0.2, 0.25) is 0 Å². The van der Waals surface area contributed by atoms with Crippen LogP contribution in [0.5, 0.6) is 0 Å². The van der Waals surface area contributed by atoms with E-state index in [1.165, 1.54) is 18.4 Å². The van der Waals surface area contributed by atoms with Crippen LogP contribution in [0.1, 0.15) is 0 Å². The summed E-state index contributed by atoms with van der Waals surface area (Å²) in [7, 11) is -5.11. The highest BCUT2D eigenvalue weighted by molar-refractivity contribution is 7.89. The van der Waals surface area contributed by atoms with Gasteiger partial charge in [0.15, 0.2) is 0 Å². The molecule has 0 saturated carbocycles. The number of anilines is 1. The van der Waals surface area contributed by atoms with Crippen LogP contribution in [0.15, 0.2) is 29.2 Å². The number of nitrogens with two attached hydrogens (primary N) is 1. The maximum Gasteiger partial charge on any atom is 0.240 e. The first-order valence-corrected chi connectivity index (χ1v) is 6.73. The molecule has 1 aromatic rings. The van der Waals surface area contributed by atoms with Crippen molar-refractivity contribution in [3.8, 4) is 0 Å². The Labute approximate surface area is 85.0 Å². The van der Waals surface area contributed by atoms with Gasteiger partial charge in [-0.3, -0.25) is 0 Å². The molecule has 0 spiro atoms. The number of para-hydroxylation sites is 1. The summed E-state index contributed by atoms with van der Waals surface area (Å²) in [6, 6.07) is 6.03. The molecule has 14 heavy (non-hydrogen) atoms. The summed E-state index contributed by atoms with van der Waals surface area (Å²) >= 11 is 0. The summed E-state index contributed by atoms with van der Waals surface area (Å²) in [6.45, 7) is 0. The van der Waals surface area contributed by atoms with Crippen LogP contribution >= 0.6 is 0 Å². The summed E-state index contributed by atoms with van der Waals surface area (Å²) in [5.41, 5.74) is 0.246. The predicted molar refractivity (Wildman–Crippen MR) is 55.5 cm³/mol. The first-order valence-electron chi connectivity index (χ1n) is 3.63. The fourth-order valence-electron chi connectivity index (χ4n) is 0.954. The van der Waals surface area contributed by atoms with E-state index in [1.54, 1.807) is 12.1 Å². The molecule has 1 rings (SSSR count). The van der Waals surface area contributed by atoms with Crippen LogP contribution in [-0.2, 0) is 21.0 Å². The number of rotatable bonds is 3. The second-order valence-corrected chi connectivity index (χ2v) is 5.24. The van der Waals surface area contributed by atoms with Crippen LogP contribution in [0, 0.1) is 0 Å². The van der Waals surface area contributed by atoms with E-state index in [4.69, 9.17) is 5.14 Å². The summed E-state index contributed by atoms with van der Waals surface area (Å²) in [6.07, 6.45) is 1.40. The SMILES string of the molecule is CS(=O)Nc1ccccc1S(N)(=O)=O. The third-order valence-corrected chi connectivity index (χ3v) is 2.92. The zero-order valence-corrected chi connectivity index (χ0v) is 9.06. The second kappa shape index (κ2) is 4.07. The van der Waals surface area contributed by atoms with E-state index in [1.807, 2.05) is 0 Å². The van der Waals surface area contributed by atoms with E-state index in [2.05, 4.69) is 4.72 Å². The molecule has 0 aliphatic rings. The Morgan fingerprint density at radius 2 is 1.93 bits per heavy atom. The van der Waals surface area contributed by atoms with Crippen molar-refractivity contribution in [2.75, 3.05) is 11.0 Å². The lowest BCUT2D eigenvalue weighted by molar-refractivity contribution is 0.598. The third-order valence-electron chi connectivity index (χ3n) is 1.45. The molecule has 0 fully saturated rings. The van der Waals surface area contributed by atoms with E-state index in [0.717, 1.165) is 0 Å². The van der Waals surface area contributed by atoms with Gasteiger partial charge in [-0.15, -0.1) is 0 Å². The minimum atomic E-state index is -3.78. The van der Waals surface area contributed by atoms with E-state index in [-0.39, 0.29) is 10.6 Å². The Morgan fingerprint density at radius 3 is 2.43 bits per heavy atom. The van der Waals surface area contributed by atoms with Crippen LogP contribution in [0.3, 0.4) is 0 Å². The molecule has 7 heteroatoms. The molecule has 1 atom stereocenters. The Hall–Kier alpha value is -0.920. The fourth-order valence-corrected chi connectivity index (χ4v) is 2.20. The average molecular weight is 234 g/mol. The van der Waals surface area contributed by atoms with Crippen molar-refractivity contribution in [3.63, 3.8) is 0 Å². The molecule has 0 aliphatic carbocycles. The van der Waals surface area contributed by atoms with Crippen molar-refractivity contribution >= 4 is 26.7 Å². The topological polar surface area (TPSA) is 89.3 Å². The molecule has 1 aromatic carbocycles. The standard InChI is InChI=1S/C7H10N2O3S2/c1-13(10)9-6-4-2-3-5-7(6)14(8,11)12/h2-5,9H,1H3,(H2,8,11,12). The molecule has 0 bridgehead atoms. The molecule has 78 valence electrons. The first kappa shape index (κ1) is 11.2. The van der Waals surface area contributed by atoms with Crippen molar-refractivity contribution in [2.45, 2.75) is 4.90 Å². The smallest absolute Gasteiger partial charge is 0.240 e. The summed E-state index contributed by atoms with van der Waals surface area (Å²) < 4.78 is 35.5. The molecule has 0 amide bonds. The van der Waals surface area contributed by atoms with E-state index in [0.29, 0.717) is 0 Å². The fraction of sp³-hybridized carbons (Fsp3) is 0.143. The summed E-state index contributed by atoms with van der Waals surface area (Å²) in [5.74, 6) is 0. The zero-order valence-electron chi connectivity index (χ0n) is 7.43. The van der Waals surface area contributed by atoms with Crippen LogP contribution < -0.4 is 9.86 Å². The maximum absolute atomic E-state index is 11.1. The molecule has 3 N–H and O–H groups in total. The van der Waals surface area contributed by atoms with Crippen molar-refractivity contribution < 1.29 is 12.6 Å². The monoisotopic (exact) mass is 234 g/mol. The normalized spacial score (nSPS) is 13.6. The third kappa shape index (κ3) is 2.79. The number of hydrogen-bond donors (Lipinski definition) is 2. The van der Waals surface area contributed by atoms with Gasteiger partial charge < -0.3 is 4.72 Å². The van der Waals surface area contributed by atoms with Gasteiger partial charge >= 0.3 is 0 Å². The van der Waals surface area contributed by atoms with Crippen molar-refractivity contribution in [1.82, 2.24) is 0 Å². The number of hydrogen-bond acceptors (Lipinski definition) is 3. The molecule has 1 unspecified atom stereocenters. The molecule has 0 aliphatic heterocycles. The Kier molecular flexibility index (Phi) is 3.25. The van der Waals surface area contributed by atoms with E-state index >= 15 is 0 Å². The van der Waals surface area contributed by atoms with Gasteiger partial charge in [0, 0.05) is 6.26 Å². The highest BCUT2D eigenvalue weighted by Gasteiger charge is 2.13. The largest absolute Gasteiger partial charge is 0.304 e. The van der Waals surface area contributed by atoms with Gasteiger partial charge in [-0.05, 0) is 12.1 Å². The average Bonchev–Trinajstić information content (AvgIpc) is 2.01. The molecule has 0 heterocycles. The molecular weight excluding hydrogens is 224 g/mol. The van der Waals surface area contributed by atoms with Crippen molar-refractivity contribution in [2.24, 2.45) is 5.14 Å². The van der Waals surface area contributed by atoms with E-state index in [9.17, 15) is 12.6 Å². The van der Waals surface area contributed by atoms with Gasteiger partial charge in [0.05, 0.1) is 5.69 Å². The Morgan fingerprint density at radius 1 is 1.36 bits per heavy atom. The molecule has 0 radical (unpaired) electrons. The number of primary sulfonamides is 1. The van der Waals surface area contributed by atoms with Gasteiger partial charge in [-0.1, -0.05) is 12.1 Å². The van der Waals surface area contributed by atoms with Gasteiger partial charge in [0.25, 0.3) is 0 Å². The predicted octanol–water partition coefficient (Wildman–Crippen LogP) is 0.0394. The Balaban J connectivity index is 3.23. The lowest BCUT2D eigenvalue weighted by Gasteiger charge is -2.07. The first-order chi connectivity index (χ1) is 6.41. The van der Waals surface area contributed by atoms with Crippen molar-refractivity contribution in [1.29, 1.82) is 0 Å². The van der Waals surface area contributed by atoms with Crippen LogP contribution in [0.4, 0.5) is 5.69 Å². The lowest BCUT2D eigenvalue weighted by atomic mass is 10.3. The number of benzene rings is 1. The minimum absolute atomic E-state index is 0.0600. The summed E-state index contributed by atoms with van der Waals surface area (Å²) in [5, 5.41) is 4.97. The van der Waals surface area contributed by atoms with Gasteiger partial charge in [-0.25, -0.2) is 17.8 Å². The highest BCUT2D eigenvalue weighted by atomic mass is 32.2. The second-order valence-electron chi connectivity index (χ2n) is 2.60. The zero-order chi connectivity index (χ0) is 10.8. The van der Waals surface area contributed by atoms with Crippen LogP contribution in [-0.4, -0.2) is 18.9 Å². The van der Waals surface area contributed by atoms with Gasteiger partial charge in [-0.2, -0.15) is 0 Å². The minimum Gasteiger partial charge on any atom is -0.304 e. The quantitative estimate of drug-likeness (QED) is 0.773. The molecule has 0 saturated heterocycles. The summed E-state index contributed by atoms with van der Waals surface area (Å²) in [4.78, 5) is -0.0600. The number of nitrogens with one attached hydrogen (secondary N) is 1. The van der Waals surface area contributed by atoms with Crippen molar-refractivity contribution in [3.05, 3.63) is 24.3 Å². The van der Waals surface area contributed by atoms with Gasteiger partial charge in [0.1, 0.15) is 15.9 Å². The maximum atomic E-state index is 11.1. The van der Waals surface area contributed by atoms with E-state index < -0.39 is 21.0 Å². The highest BCUT2D eigenvalue weighted by Crippen LogP contribution is 2.19. The van der Waals surface area contributed by atoms with Gasteiger partial charge in [0.2, 0.25) is 10.0 Å². The Bertz CT molecular complexity index is 456. The molecular formula is C7H10N2O3S2. The number of sulfonamides is 1.